The average Bonchev–Trinajstić information content (AvgIpc) is 3.03. The van der Waals surface area contributed by atoms with Crippen LogP contribution in [0, 0.1) is 12.8 Å². The molecule has 144 valence electrons. The third-order valence-corrected chi connectivity index (χ3v) is 4.88. The van der Waals surface area contributed by atoms with Crippen molar-refractivity contribution in [3.05, 3.63) is 41.1 Å². The van der Waals surface area contributed by atoms with Gasteiger partial charge in [-0.3, -0.25) is 0 Å². The Balaban J connectivity index is 2.14. The van der Waals surface area contributed by atoms with E-state index in [9.17, 15) is 0 Å². The van der Waals surface area contributed by atoms with Crippen molar-refractivity contribution in [3.63, 3.8) is 0 Å². The van der Waals surface area contributed by atoms with Gasteiger partial charge < -0.3 is 4.42 Å². The van der Waals surface area contributed by atoms with Gasteiger partial charge in [0.2, 0.25) is 0 Å². The van der Waals surface area contributed by atoms with Crippen LogP contribution in [0.25, 0.3) is 0 Å². The zero-order chi connectivity index (χ0) is 19.1. The molecule has 0 saturated heterocycles. The molecule has 2 heterocycles. The second-order valence-electron chi connectivity index (χ2n) is 8.04. The molecule has 2 aromatic rings. The summed E-state index contributed by atoms with van der Waals surface area (Å²) in [6.07, 6.45) is 6.22. The summed E-state index contributed by atoms with van der Waals surface area (Å²) >= 11 is 0. The first-order valence-corrected chi connectivity index (χ1v) is 10.2. The Morgan fingerprint density at radius 3 is 2.04 bits per heavy atom. The normalized spacial score (nSPS) is 14.0. The number of nitrogens with zero attached hydrogens (tertiary/aromatic N) is 3. The van der Waals surface area contributed by atoms with Gasteiger partial charge in [0.25, 0.3) is 0 Å². The monoisotopic (exact) mass is 357 g/mol. The lowest BCUT2D eigenvalue weighted by atomic mass is 10.0. The molecule has 4 nitrogen and oxygen atoms in total. The summed E-state index contributed by atoms with van der Waals surface area (Å²) in [6.45, 7) is 13.1. The molecule has 0 bridgehead atoms. The third kappa shape index (κ3) is 6.22. The SMILES string of the molecule is CCCC(C)c1nc(CCC(C)C)nc(C(C)CCc2ccc(C)o2)n1. The van der Waals surface area contributed by atoms with Gasteiger partial charge in [-0.2, -0.15) is 0 Å². The highest BCUT2D eigenvalue weighted by Gasteiger charge is 2.17. The summed E-state index contributed by atoms with van der Waals surface area (Å²) in [5, 5.41) is 0. The molecular formula is C22H35N3O. The maximum absolute atomic E-state index is 5.70. The van der Waals surface area contributed by atoms with E-state index in [0.29, 0.717) is 17.8 Å². The van der Waals surface area contributed by atoms with Crippen molar-refractivity contribution >= 4 is 0 Å². The first kappa shape index (κ1) is 20.6. The van der Waals surface area contributed by atoms with Gasteiger partial charge in [-0.1, -0.05) is 41.0 Å². The second kappa shape index (κ2) is 9.84. The van der Waals surface area contributed by atoms with Gasteiger partial charge >= 0.3 is 0 Å². The largest absolute Gasteiger partial charge is 0.466 e. The van der Waals surface area contributed by atoms with Crippen molar-refractivity contribution < 1.29 is 4.42 Å². The van der Waals surface area contributed by atoms with Crippen LogP contribution in [0.1, 0.15) is 101 Å². The van der Waals surface area contributed by atoms with E-state index in [1.54, 1.807) is 0 Å². The van der Waals surface area contributed by atoms with E-state index in [2.05, 4.69) is 40.7 Å². The molecule has 0 aliphatic rings. The van der Waals surface area contributed by atoms with E-state index >= 15 is 0 Å². The molecule has 2 unspecified atom stereocenters. The van der Waals surface area contributed by atoms with Gasteiger partial charge in [0, 0.05) is 24.7 Å². The van der Waals surface area contributed by atoms with Crippen molar-refractivity contribution in [1.82, 2.24) is 15.0 Å². The molecule has 0 saturated carbocycles. The Kier molecular flexibility index (Phi) is 7.80. The van der Waals surface area contributed by atoms with E-state index in [1.165, 1.54) is 0 Å². The Morgan fingerprint density at radius 2 is 1.50 bits per heavy atom. The summed E-state index contributed by atoms with van der Waals surface area (Å²) in [7, 11) is 0. The maximum atomic E-state index is 5.70. The standard InChI is InChI=1S/C22H35N3O/c1-7-8-16(4)21-23-20(14-9-15(2)3)24-22(25-21)17(5)10-12-19-13-11-18(6)26-19/h11,13,15-17H,7-10,12,14H2,1-6H3. The van der Waals surface area contributed by atoms with Crippen molar-refractivity contribution in [3.8, 4) is 0 Å². The molecule has 2 rings (SSSR count). The van der Waals surface area contributed by atoms with Crippen LogP contribution < -0.4 is 0 Å². The summed E-state index contributed by atoms with van der Waals surface area (Å²) < 4.78 is 5.70. The molecule has 4 heteroatoms. The number of hydrogen-bond donors (Lipinski definition) is 0. The number of hydrogen-bond acceptors (Lipinski definition) is 4. The topological polar surface area (TPSA) is 51.8 Å². The highest BCUT2D eigenvalue weighted by atomic mass is 16.3. The molecular weight excluding hydrogens is 322 g/mol. The summed E-state index contributed by atoms with van der Waals surface area (Å²) in [4.78, 5) is 14.4. The number of rotatable bonds is 10. The molecule has 0 fully saturated rings. The first-order valence-electron chi connectivity index (χ1n) is 10.2. The number of furan rings is 1. The van der Waals surface area contributed by atoms with E-state index in [1.807, 2.05) is 13.0 Å². The fourth-order valence-corrected chi connectivity index (χ4v) is 3.10. The van der Waals surface area contributed by atoms with Crippen LogP contribution in [0.2, 0.25) is 0 Å². The van der Waals surface area contributed by atoms with Gasteiger partial charge in [-0.05, 0) is 44.2 Å². The molecule has 0 spiro atoms. The Morgan fingerprint density at radius 1 is 0.846 bits per heavy atom. The lowest BCUT2D eigenvalue weighted by molar-refractivity contribution is 0.464. The highest BCUT2D eigenvalue weighted by molar-refractivity contribution is 5.08. The maximum Gasteiger partial charge on any atom is 0.135 e. The van der Waals surface area contributed by atoms with Crippen molar-refractivity contribution in [1.29, 1.82) is 0 Å². The zero-order valence-corrected chi connectivity index (χ0v) is 17.4. The highest BCUT2D eigenvalue weighted by Crippen LogP contribution is 2.23. The van der Waals surface area contributed by atoms with Crippen molar-refractivity contribution in [2.24, 2.45) is 5.92 Å². The van der Waals surface area contributed by atoms with Gasteiger partial charge in [-0.15, -0.1) is 0 Å². The van der Waals surface area contributed by atoms with Crippen molar-refractivity contribution in [2.45, 2.75) is 91.9 Å². The van der Waals surface area contributed by atoms with Gasteiger partial charge in [-0.25, -0.2) is 15.0 Å². The van der Waals surface area contributed by atoms with E-state index in [0.717, 1.165) is 67.5 Å². The number of aryl methyl sites for hydroxylation is 3. The molecule has 2 atom stereocenters. The molecule has 2 aromatic heterocycles. The first-order chi connectivity index (χ1) is 12.4. The molecule has 0 amide bonds. The molecule has 26 heavy (non-hydrogen) atoms. The van der Waals surface area contributed by atoms with Gasteiger partial charge in [0.15, 0.2) is 0 Å². The van der Waals surface area contributed by atoms with Crippen LogP contribution in [0.15, 0.2) is 16.5 Å². The Bertz CT molecular complexity index is 678. The van der Waals surface area contributed by atoms with Crippen LogP contribution in [0.3, 0.4) is 0 Å². The van der Waals surface area contributed by atoms with Crippen LogP contribution >= 0.6 is 0 Å². The van der Waals surface area contributed by atoms with Crippen molar-refractivity contribution in [2.75, 3.05) is 0 Å². The fraction of sp³-hybridized carbons (Fsp3) is 0.682. The summed E-state index contributed by atoms with van der Waals surface area (Å²) in [6, 6.07) is 4.09. The molecule has 0 N–H and O–H groups in total. The fourth-order valence-electron chi connectivity index (χ4n) is 3.10. The van der Waals surface area contributed by atoms with E-state index in [-0.39, 0.29) is 0 Å². The van der Waals surface area contributed by atoms with Crippen LogP contribution in [-0.4, -0.2) is 15.0 Å². The molecule has 0 aliphatic carbocycles. The minimum absolute atomic E-state index is 0.300. The van der Waals surface area contributed by atoms with E-state index < -0.39 is 0 Å². The van der Waals surface area contributed by atoms with Gasteiger partial charge in [0.05, 0.1) is 0 Å². The van der Waals surface area contributed by atoms with Crippen LogP contribution in [-0.2, 0) is 12.8 Å². The van der Waals surface area contributed by atoms with Crippen LogP contribution in [0.4, 0.5) is 0 Å². The van der Waals surface area contributed by atoms with Gasteiger partial charge in [0.1, 0.15) is 29.0 Å². The zero-order valence-electron chi connectivity index (χ0n) is 17.4. The second-order valence-corrected chi connectivity index (χ2v) is 8.04. The number of aromatic nitrogens is 3. The molecule has 0 radical (unpaired) electrons. The third-order valence-electron chi connectivity index (χ3n) is 4.88. The summed E-state index contributed by atoms with van der Waals surface area (Å²) in [5.74, 6) is 6.24. The molecule has 0 aromatic carbocycles. The average molecular weight is 358 g/mol. The smallest absolute Gasteiger partial charge is 0.135 e. The molecule has 0 aliphatic heterocycles. The predicted octanol–water partition coefficient (Wildman–Crippen LogP) is 6.00. The summed E-state index contributed by atoms with van der Waals surface area (Å²) in [5.41, 5.74) is 0. The van der Waals surface area contributed by atoms with Crippen LogP contribution in [0.5, 0.6) is 0 Å². The Hall–Kier alpha value is -1.71. The minimum Gasteiger partial charge on any atom is -0.466 e. The predicted molar refractivity (Wildman–Crippen MR) is 106 cm³/mol. The minimum atomic E-state index is 0.300. The van der Waals surface area contributed by atoms with E-state index in [4.69, 9.17) is 19.4 Å². The quantitative estimate of drug-likeness (QED) is 0.523. The lowest BCUT2D eigenvalue weighted by Gasteiger charge is -2.15. The Labute approximate surface area is 158 Å². The lowest BCUT2D eigenvalue weighted by Crippen LogP contribution is -2.13.